The summed E-state index contributed by atoms with van der Waals surface area (Å²) in [6.45, 7) is 3.80. The number of methoxy groups -OCH3 is 1. The first-order valence-corrected chi connectivity index (χ1v) is 13.5. The van der Waals surface area contributed by atoms with Crippen molar-refractivity contribution in [3.8, 4) is 5.69 Å². The van der Waals surface area contributed by atoms with E-state index in [0.717, 1.165) is 81.5 Å². The number of ether oxygens (including phenoxy) is 1. The third-order valence-corrected chi connectivity index (χ3v) is 8.49. The average molecular weight is 508 g/mol. The molecule has 2 saturated heterocycles. The fourth-order valence-corrected chi connectivity index (χ4v) is 6.17. The van der Waals surface area contributed by atoms with Gasteiger partial charge in [0.25, 0.3) is 0 Å². The Morgan fingerprint density at radius 1 is 1.05 bits per heavy atom. The molecule has 1 N–H and O–H groups in total. The van der Waals surface area contributed by atoms with E-state index in [1.54, 1.807) is 30.0 Å². The van der Waals surface area contributed by atoms with Gasteiger partial charge >= 0.3 is 5.97 Å². The van der Waals surface area contributed by atoms with Crippen LogP contribution < -0.4 is 4.90 Å². The average Bonchev–Trinajstić information content (AvgIpc) is 3.26. The molecule has 3 fully saturated rings. The number of carboxylic acid groups (broad SMARTS) is 1. The van der Waals surface area contributed by atoms with Crippen LogP contribution in [0.2, 0.25) is 0 Å². The van der Waals surface area contributed by atoms with Crippen LogP contribution >= 0.6 is 0 Å². The summed E-state index contributed by atoms with van der Waals surface area (Å²) in [4.78, 5) is 21.6. The molecule has 3 aromatic rings. The first kappa shape index (κ1) is 24.3. The van der Waals surface area contributed by atoms with Crippen LogP contribution in [0.3, 0.4) is 0 Å². The maximum absolute atomic E-state index is 13.7. The summed E-state index contributed by atoms with van der Waals surface area (Å²) in [6, 6.07) is 8.36. The maximum atomic E-state index is 13.7. The van der Waals surface area contributed by atoms with E-state index in [1.165, 1.54) is 18.6 Å². The highest BCUT2D eigenvalue weighted by Crippen LogP contribution is 2.43. The minimum atomic E-state index is -1.06. The molecule has 3 aliphatic rings. The van der Waals surface area contributed by atoms with Gasteiger partial charge in [-0.25, -0.2) is 18.9 Å². The highest BCUT2D eigenvalue weighted by atomic mass is 19.1. The van der Waals surface area contributed by atoms with Gasteiger partial charge in [0.1, 0.15) is 5.82 Å². The number of anilines is 1. The number of hydrogen-bond donors (Lipinski definition) is 1. The molecule has 2 aromatic heterocycles. The molecule has 1 unspecified atom stereocenters. The molecular weight excluding hydrogens is 473 g/mol. The third-order valence-electron chi connectivity index (χ3n) is 8.49. The highest BCUT2D eigenvalue weighted by molar-refractivity contribution is 5.98. The van der Waals surface area contributed by atoms with E-state index in [4.69, 9.17) is 9.84 Å². The van der Waals surface area contributed by atoms with Crippen LogP contribution in [0.1, 0.15) is 67.0 Å². The standard InChI is InChI=1S/C28H34FN5O3/c1-37-22-6-3-13-33(17-22)20-11-14-32(15-12-20)24-16-23(28(35)36)30-27-25(24)26(18-4-2-5-18)31-34(27)21-9-7-19(29)8-10-21/h7-10,16,18,20,22H,2-6,11-15,17H2,1H3,(H,35,36). The van der Waals surface area contributed by atoms with Crippen molar-refractivity contribution in [2.24, 2.45) is 0 Å². The molecule has 9 heteroatoms. The largest absolute Gasteiger partial charge is 0.477 e. The number of nitrogens with zero attached hydrogens (tertiary/aromatic N) is 5. The predicted molar refractivity (Wildman–Crippen MR) is 139 cm³/mol. The van der Waals surface area contributed by atoms with Gasteiger partial charge in [0.05, 0.1) is 28.6 Å². The van der Waals surface area contributed by atoms with Crippen molar-refractivity contribution in [2.45, 2.75) is 63.0 Å². The lowest BCUT2D eigenvalue weighted by molar-refractivity contribution is 0.0102. The summed E-state index contributed by atoms with van der Waals surface area (Å²) in [7, 11) is 1.80. The van der Waals surface area contributed by atoms with Gasteiger partial charge in [0.2, 0.25) is 0 Å². The smallest absolute Gasteiger partial charge is 0.354 e. The van der Waals surface area contributed by atoms with Gasteiger partial charge in [0.15, 0.2) is 11.3 Å². The normalized spacial score (nSPS) is 21.9. The maximum Gasteiger partial charge on any atom is 0.354 e. The predicted octanol–water partition coefficient (Wildman–Crippen LogP) is 4.60. The first-order valence-electron chi connectivity index (χ1n) is 13.5. The Morgan fingerprint density at radius 3 is 2.46 bits per heavy atom. The molecule has 1 aliphatic carbocycles. The van der Waals surface area contributed by atoms with Crippen molar-refractivity contribution in [1.29, 1.82) is 0 Å². The molecule has 37 heavy (non-hydrogen) atoms. The van der Waals surface area contributed by atoms with E-state index in [2.05, 4.69) is 14.8 Å². The second kappa shape index (κ2) is 10.0. The van der Waals surface area contributed by atoms with Crippen LogP contribution in [0.5, 0.6) is 0 Å². The van der Waals surface area contributed by atoms with Crippen LogP contribution in [0, 0.1) is 5.82 Å². The number of aromatic carboxylic acids is 1. The van der Waals surface area contributed by atoms with Crippen molar-refractivity contribution < 1.29 is 19.0 Å². The lowest BCUT2D eigenvalue weighted by Gasteiger charge is -2.42. The highest BCUT2D eigenvalue weighted by Gasteiger charge is 2.33. The molecule has 0 spiro atoms. The zero-order chi connectivity index (χ0) is 25.5. The van der Waals surface area contributed by atoms with Gasteiger partial charge < -0.3 is 14.7 Å². The minimum Gasteiger partial charge on any atom is -0.477 e. The number of pyridine rings is 1. The van der Waals surface area contributed by atoms with Gasteiger partial charge in [-0.1, -0.05) is 6.42 Å². The number of halogens is 1. The van der Waals surface area contributed by atoms with Crippen LogP contribution in [0.25, 0.3) is 16.7 Å². The monoisotopic (exact) mass is 507 g/mol. The Morgan fingerprint density at radius 2 is 1.81 bits per heavy atom. The number of aromatic nitrogens is 3. The molecule has 6 rings (SSSR count). The molecule has 1 atom stereocenters. The molecule has 1 saturated carbocycles. The second-order valence-corrected chi connectivity index (χ2v) is 10.6. The fraction of sp³-hybridized carbons (Fsp3) is 0.536. The van der Waals surface area contributed by atoms with E-state index in [9.17, 15) is 14.3 Å². The Kier molecular flexibility index (Phi) is 6.58. The fourth-order valence-electron chi connectivity index (χ4n) is 6.17. The summed E-state index contributed by atoms with van der Waals surface area (Å²) >= 11 is 0. The molecule has 0 amide bonds. The number of fused-ring (bicyclic) bond motifs is 1. The Balaban J connectivity index is 1.37. The molecule has 2 aliphatic heterocycles. The van der Waals surface area contributed by atoms with Gasteiger partial charge in [0, 0.05) is 38.7 Å². The molecule has 8 nitrogen and oxygen atoms in total. The number of carboxylic acids is 1. The van der Waals surface area contributed by atoms with Gasteiger partial charge in [-0.3, -0.25) is 4.90 Å². The molecule has 0 radical (unpaired) electrons. The van der Waals surface area contributed by atoms with E-state index in [0.29, 0.717) is 29.4 Å². The minimum absolute atomic E-state index is 0.00649. The van der Waals surface area contributed by atoms with E-state index < -0.39 is 5.97 Å². The van der Waals surface area contributed by atoms with Crippen LogP contribution in [-0.2, 0) is 4.74 Å². The van der Waals surface area contributed by atoms with Crippen molar-refractivity contribution in [3.63, 3.8) is 0 Å². The summed E-state index contributed by atoms with van der Waals surface area (Å²) in [5.74, 6) is -1.06. The van der Waals surface area contributed by atoms with Crippen molar-refractivity contribution in [2.75, 3.05) is 38.2 Å². The zero-order valence-corrected chi connectivity index (χ0v) is 21.3. The number of hydrogen-bond acceptors (Lipinski definition) is 6. The molecule has 0 bridgehead atoms. The third kappa shape index (κ3) is 4.59. The summed E-state index contributed by atoms with van der Waals surface area (Å²) < 4.78 is 21.0. The number of carbonyl (C=O) groups is 1. The van der Waals surface area contributed by atoms with Crippen LogP contribution in [0.15, 0.2) is 30.3 Å². The zero-order valence-electron chi connectivity index (χ0n) is 21.3. The Hall–Kier alpha value is -3.04. The van der Waals surface area contributed by atoms with E-state index in [1.807, 2.05) is 0 Å². The lowest BCUT2D eigenvalue weighted by Crippen LogP contribution is -2.50. The summed E-state index contributed by atoms with van der Waals surface area (Å²) in [6.07, 6.45) is 7.93. The Bertz CT molecular complexity index is 1280. The van der Waals surface area contributed by atoms with Crippen LogP contribution in [-0.4, -0.2) is 76.2 Å². The quantitative estimate of drug-likeness (QED) is 0.522. The first-order chi connectivity index (χ1) is 18.0. The Labute approximate surface area is 216 Å². The molecule has 4 heterocycles. The number of piperidine rings is 2. The molecule has 196 valence electrons. The van der Waals surface area contributed by atoms with Crippen molar-refractivity contribution in [1.82, 2.24) is 19.7 Å². The second-order valence-electron chi connectivity index (χ2n) is 10.6. The van der Waals surface area contributed by atoms with E-state index in [-0.39, 0.29) is 11.5 Å². The number of likely N-dealkylation sites (tertiary alicyclic amines) is 1. The molecule has 1 aromatic carbocycles. The number of rotatable bonds is 6. The lowest BCUT2D eigenvalue weighted by atomic mass is 9.82. The summed E-state index contributed by atoms with van der Waals surface area (Å²) in [5.41, 5.74) is 3.10. The van der Waals surface area contributed by atoms with Crippen molar-refractivity contribution >= 4 is 22.7 Å². The van der Waals surface area contributed by atoms with Gasteiger partial charge in [-0.15, -0.1) is 0 Å². The summed E-state index contributed by atoms with van der Waals surface area (Å²) in [5, 5.41) is 15.8. The van der Waals surface area contributed by atoms with Crippen molar-refractivity contribution in [3.05, 3.63) is 47.5 Å². The SMILES string of the molecule is COC1CCCN(C2CCN(c3cc(C(=O)O)nc4c3c(C3CCC3)nn4-c3ccc(F)cc3)CC2)C1. The topological polar surface area (TPSA) is 83.7 Å². The van der Waals surface area contributed by atoms with Gasteiger partial charge in [-0.2, -0.15) is 5.10 Å². The van der Waals surface area contributed by atoms with E-state index >= 15 is 0 Å². The number of benzene rings is 1. The van der Waals surface area contributed by atoms with Gasteiger partial charge in [-0.05, 0) is 75.4 Å². The molecular formula is C28H34FN5O3. The van der Waals surface area contributed by atoms with Crippen LogP contribution in [0.4, 0.5) is 10.1 Å².